The molecule has 0 aromatic heterocycles. The van der Waals surface area contributed by atoms with Crippen molar-refractivity contribution in [2.24, 2.45) is 0 Å². The van der Waals surface area contributed by atoms with Gasteiger partial charge in [0.05, 0.1) is 17.2 Å². The summed E-state index contributed by atoms with van der Waals surface area (Å²) >= 11 is 0. The van der Waals surface area contributed by atoms with E-state index in [-0.39, 0.29) is 41.9 Å². The van der Waals surface area contributed by atoms with Crippen molar-refractivity contribution in [1.29, 1.82) is 0 Å². The monoisotopic (exact) mass is 391 g/mol. The third-order valence-corrected chi connectivity index (χ3v) is 6.25. The summed E-state index contributed by atoms with van der Waals surface area (Å²) in [5.74, 6) is -0.413. The summed E-state index contributed by atoms with van der Waals surface area (Å²) in [6, 6.07) is 10.8. The number of halogens is 1. The van der Waals surface area contributed by atoms with Crippen LogP contribution >= 0.6 is 0 Å². The number of benzene rings is 2. The van der Waals surface area contributed by atoms with Gasteiger partial charge in [-0.05, 0) is 66.8 Å². The zero-order valence-electron chi connectivity index (χ0n) is 14.9. The van der Waals surface area contributed by atoms with Crippen molar-refractivity contribution < 1.29 is 22.3 Å². The van der Waals surface area contributed by atoms with E-state index in [1.54, 1.807) is 12.1 Å². The highest BCUT2D eigenvalue weighted by atomic mass is 32.2. The fraction of sp³-hybridized carbons (Fsp3) is 0.350. The summed E-state index contributed by atoms with van der Waals surface area (Å²) in [7, 11) is -3.48. The normalized spacial score (nSPS) is 13.2. The quantitative estimate of drug-likeness (QED) is 0.703. The molecule has 0 bridgehead atoms. The minimum atomic E-state index is -3.48. The molecule has 1 amide bonds. The Morgan fingerprint density at radius 2 is 1.81 bits per heavy atom. The molecule has 0 atom stereocenters. The van der Waals surface area contributed by atoms with Gasteiger partial charge in [-0.25, -0.2) is 12.8 Å². The van der Waals surface area contributed by atoms with Gasteiger partial charge in [-0.3, -0.25) is 4.79 Å². The lowest BCUT2D eigenvalue weighted by Crippen LogP contribution is -2.29. The van der Waals surface area contributed by atoms with E-state index in [1.165, 1.54) is 29.8 Å². The number of amides is 1. The van der Waals surface area contributed by atoms with Gasteiger partial charge in [0, 0.05) is 6.42 Å². The Morgan fingerprint density at radius 3 is 2.59 bits per heavy atom. The summed E-state index contributed by atoms with van der Waals surface area (Å²) in [6.45, 7) is 0.462. The maximum atomic E-state index is 12.8. The molecule has 1 N–H and O–H groups in total. The Hall–Kier alpha value is -2.41. The molecule has 1 aliphatic rings. The minimum absolute atomic E-state index is 0.101. The van der Waals surface area contributed by atoms with Crippen LogP contribution in [0.1, 0.15) is 24.0 Å². The van der Waals surface area contributed by atoms with Crippen molar-refractivity contribution >= 4 is 15.7 Å². The van der Waals surface area contributed by atoms with Crippen LogP contribution in [0.15, 0.2) is 47.4 Å². The largest absolute Gasteiger partial charge is 0.492 e. The van der Waals surface area contributed by atoms with Crippen LogP contribution in [0, 0.1) is 5.82 Å². The lowest BCUT2D eigenvalue weighted by Gasteiger charge is -2.09. The van der Waals surface area contributed by atoms with E-state index in [1.807, 2.05) is 6.07 Å². The fourth-order valence-corrected chi connectivity index (χ4v) is 4.35. The molecule has 0 saturated carbocycles. The molecule has 0 saturated heterocycles. The Balaban J connectivity index is 1.42. The van der Waals surface area contributed by atoms with Crippen molar-refractivity contribution in [3.05, 3.63) is 59.4 Å². The van der Waals surface area contributed by atoms with E-state index in [0.717, 1.165) is 24.8 Å². The number of aryl methyl sites for hydroxylation is 2. The van der Waals surface area contributed by atoms with Crippen LogP contribution in [0.25, 0.3) is 0 Å². The summed E-state index contributed by atoms with van der Waals surface area (Å²) in [4.78, 5) is 12.2. The molecule has 144 valence electrons. The maximum Gasteiger partial charge on any atom is 0.221 e. The van der Waals surface area contributed by atoms with Crippen LogP contribution in [0.4, 0.5) is 4.39 Å². The Morgan fingerprint density at radius 1 is 1.07 bits per heavy atom. The van der Waals surface area contributed by atoms with Gasteiger partial charge in [0.1, 0.15) is 18.2 Å². The van der Waals surface area contributed by atoms with Crippen molar-refractivity contribution in [3.8, 4) is 5.75 Å². The molecule has 0 radical (unpaired) electrons. The molecule has 1 aliphatic carbocycles. The predicted molar refractivity (Wildman–Crippen MR) is 100 cm³/mol. The van der Waals surface area contributed by atoms with Crippen LogP contribution in [0.5, 0.6) is 5.75 Å². The molecular weight excluding hydrogens is 369 g/mol. The van der Waals surface area contributed by atoms with Crippen LogP contribution in [0.3, 0.4) is 0 Å². The minimum Gasteiger partial charge on any atom is -0.492 e. The molecule has 0 spiro atoms. The first-order valence-electron chi connectivity index (χ1n) is 8.94. The zero-order valence-corrected chi connectivity index (χ0v) is 15.7. The predicted octanol–water partition coefficient (Wildman–Crippen LogP) is 2.67. The third kappa shape index (κ3) is 5.29. The van der Waals surface area contributed by atoms with Crippen LogP contribution < -0.4 is 10.1 Å². The van der Waals surface area contributed by atoms with Crippen LogP contribution in [-0.2, 0) is 27.5 Å². The molecule has 0 heterocycles. The summed E-state index contributed by atoms with van der Waals surface area (Å²) in [5, 5.41) is 2.63. The highest BCUT2D eigenvalue weighted by molar-refractivity contribution is 7.91. The molecule has 27 heavy (non-hydrogen) atoms. The van der Waals surface area contributed by atoms with E-state index >= 15 is 0 Å². The van der Waals surface area contributed by atoms with Gasteiger partial charge in [0.25, 0.3) is 0 Å². The average Bonchev–Trinajstić information content (AvgIpc) is 3.13. The number of nitrogens with one attached hydrogen (secondary N) is 1. The smallest absolute Gasteiger partial charge is 0.221 e. The second-order valence-electron chi connectivity index (χ2n) is 6.51. The SMILES string of the molecule is O=C(CCS(=O)(=O)c1ccc2c(c1)CCC2)NCCOc1ccc(F)cc1. The van der Waals surface area contributed by atoms with Crippen molar-refractivity contribution in [2.75, 3.05) is 18.9 Å². The van der Waals surface area contributed by atoms with E-state index < -0.39 is 9.84 Å². The third-order valence-electron chi connectivity index (χ3n) is 4.53. The van der Waals surface area contributed by atoms with Crippen molar-refractivity contribution in [2.45, 2.75) is 30.6 Å². The standard InChI is InChI=1S/C20H22FNO4S/c21-17-5-7-18(8-6-17)26-12-11-22-20(23)10-13-27(24,25)19-9-4-15-2-1-3-16(15)14-19/h4-9,14H,1-3,10-13H2,(H,22,23). The molecular formula is C20H22FNO4S. The molecule has 0 aliphatic heterocycles. The van der Waals surface area contributed by atoms with Gasteiger partial charge in [-0.15, -0.1) is 0 Å². The van der Waals surface area contributed by atoms with Crippen molar-refractivity contribution in [3.63, 3.8) is 0 Å². The highest BCUT2D eigenvalue weighted by Crippen LogP contribution is 2.25. The molecule has 2 aromatic carbocycles. The summed E-state index contributed by atoms with van der Waals surface area (Å²) in [6.07, 6.45) is 2.86. The topological polar surface area (TPSA) is 72.5 Å². The number of hydrogen-bond donors (Lipinski definition) is 1. The number of fused-ring (bicyclic) bond motifs is 1. The second kappa shape index (κ2) is 8.52. The number of carbonyl (C=O) groups excluding carboxylic acids is 1. The number of hydrogen-bond acceptors (Lipinski definition) is 4. The number of carbonyl (C=O) groups is 1. The highest BCUT2D eigenvalue weighted by Gasteiger charge is 2.19. The molecule has 3 rings (SSSR count). The number of ether oxygens (including phenoxy) is 1. The maximum absolute atomic E-state index is 12.8. The Kier molecular flexibility index (Phi) is 6.11. The molecule has 5 nitrogen and oxygen atoms in total. The number of rotatable bonds is 8. The van der Waals surface area contributed by atoms with E-state index in [2.05, 4.69) is 5.32 Å². The second-order valence-corrected chi connectivity index (χ2v) is 8.61. The first kappa shape index (κ1) is 19.4. The van der Waals surface area contributed by atoms with Gasteiger partial charge in [0.15, 0.2) is 9.84 Å². The lowest BCUT2D eigenvalue weighted by atomic mass is 10.1. The van der Waals surface area contributed by atoms with Gasteiger partial charge in [-0.1, -0.05) is 6.07 Å². The van der Waals surface area contributed by atoms with Crippen LogP contribution in [0.2, 0.25) is 0 Å². The summed E-state index contributed by atoms with van der Waals surface area (Å²) in [5.41, 5.74) is 2.31. The van der Waals surface area contributed by atoms with E-state index in [4.69, 9.17) is 4.74 Å². The van der Waals surface area contributed by atoms with Gasteiger partial charge >= 0.3 is 0 Å². The van der Waals surface area contributed by atoms with Gasteiger partial charge < -0.3 is 10.1 Å². The van der Waals surface area contributed by atoms with Crippen molar-refractivity contribution in [1.82, 2.24) is 5.32 Å². The zero-order chi connectivity index (χ0) is 19.3. The molecule has 0 fully saturated rings. The lowest BCUT2D eigenvalue weighted by molar-refractivity contribution is -0.120. The fourth-order valence-electron chi connectivity index (χ4n) is 3.07. The van der Waals surface area contributed by atoms with E-state index in [0.29, 0.717) is 5.75 Å². The molecule has 2 aromatic rings. The van der Waals surface area contributed by atoms with E-state index in [9.17, 15) is 17.6 Å². The first-order chi connectivity index (χ1) is 12.9. The Bertz CT molecular complexity index is 910. The average molecular weight is 391 g/mol. The van der Waals surface area contributed by atoms with Gasteiger partial charge in [-0.2, -0.15) is 0 Å². The molecule has 7 heteroatoms. The van der Waals surface area contributed by atoms with Crippen LogP contribution in [-0.4, -0.2) is 33.2 Å². The first-order valence-corrected chi connectivity index (χ1v) is 10.6. The van der Waals surface area contributed by atoms with Gasteiger partial charge in [0.2, 0.25) is 5.91 Å². The number of sulfone groups is 1. The molecule has 0 unspecified atom stereocenters. The Labute approximate surface area is 158 Å². The summed E-state index contributed by atoms with van der Waals surface area (Å²) < 4.78 is 43.0.